The van der Waals surface area contributed by atoms with Gasteiger partial charge in [0.05, 0.1) is 32.5 Å². The normalized spacial score (nSPS) is 18.5. The first-order valence-corrected chi connectivity index (χ1v) is 25.9. The molecule has 2 saturated heterocycles. The van der Waals surface area contributed by atoms with Crippen molar-refractivity contribution in [3.63, 3.8) is 0 Å². The van der Waals surface area contributed by atoms with E-state index in [0.717, 1.165) is 103 Å². The lowest BCUT2D eigenvalue weighted by Crippen LogP contribution is -2.42. The number of hydrogen-bond acceptors (Lipinski definition) is 10. The van der Waals surface area contributed by atoms with Crippen LogP contribution in [0.1, 0.15) is 129 Å². The molecule has 0 spiro atoms. The molecule has 2 aliphatic heterocycles. The fraction of sp³-hybridized carbons (Fsp3) is 0.569. The second-order valence-electron chi connectivity index (χ2n) is 19.2. The molecular formula is C51H68Cl2N8O10. The van der Waals surface area contributed by atoms with Crippen molar-refractivity contribution in [1.82, 2.24) is 39.5 Å². The van der Waals surface area contributed by atoms with Crippen molar-refractivity contribution in [3.8, 4) is 11.4 Å². The average Bonchev–Trinajstić information content (AvgIpc) is 3.59. The first kappa shape index (κ1) is 53.6. The van der Waals surface area contributed by atoms with Gasteiger partial charge in [0.1, 0.15) is 25.5 Å². The second-order valence-corrected chi connectivity index (χ2v) is 20.0. The van der Waals surface area contributed by atoms with Crippen molar-refractivity contribution in [2.45, 2.75) is 147 Å². The Labute approximate surface area is 423 Å². The second kappa shape index (κ2) is 25.9. The lowest BCUT2D eigenvalue weighted by Gasteiger charge is -2.23. The summed E-state index contributed by atoms with van der Waals surface area (Å²) < 4.78 is 16.1. The minimum Gasteiger partial charge on any atom is -0.381 e. The van der Waals surface area contributed by atoms with Crippen molar-refractivity contribution in [1.29, 1.82) is 0 Å². The topological polar surface area (TPSA) is 229 Å². The van der Waals surface area contributed by atoms with Crippen LogP contribution >= 0.6 is 23.2 Å². The van der Waals surface area contributed by atoms with Crippen molar-refractivity contribution in [3.05, 3.63) is 103 Å². The molecule has 0 bridgehead atoms. The fourth-order valence-corrected chi connectivity index (χ4v) is 10.2. The summed E-state index contributed by atoms with van der Waals surface area (Å²) in [5.74, 6) is -1.40. The monoisotopic (exact) mass is 1020 g/mol. The highest BCUT2D eigenvalue weighted by molar-refractivity contribution is 6.34. The fourth-order valence-electron chi connectivity index (χ4n) is 9.82. The van der Waals surface area contributed by atoms with Crippen molar-refractivity contribution >= 4 is 46.8 Å². The van der Waals surface area contributed by atoms with E-state index < -0.39 is 30.0 Å². The van der Waals surface area contributed by atoms with E-state index in [-0.39, 0.29) is 75.7 Å². The Morgan fingerprint density at radius 2 is 1.04 bits per heavy atom. The molecule has 2 aliphatic carbocycles. The van der Waals surface area contributed by atoms with E-state index in [4.69, 9.17) is 32.7 Å². The highest BCUT2D eigenvalue weighted by atomic mass is 35.5. The van der Waals surface area contributed by atoms with Gasteiger partial charge >= 0.3 is 11.4 Å². The zero-order chi connectivity index (χ0) is 50.4. The molecule has 2 saturated carbocycles. The summed E-state index contributed by atoms with van der Waals surface area (Å²) in [7, 11) is 0. The molecule has 2 unspecified atom stereocenters. The Morgan fingerprint density at radius 3 is 1.51 bits per heavy atom. The number of rotatable bonds is 14. The van der Waals surface area contributed by atoms with Crippen LogP contribution in [0.4, 0.5) is 0 Å². The minimum atomic E-state index is -0.949. The van der Waals surface area contributed by atoms with Gasteiger partial charge in [-0.1, -0.05) is 74.6 Å². The van der Waals surface area contributed by atoms with Gasteiger partial charge in [0.2, 0.25) is 11.8 Å². The Morgan fingerprint density at radius 1 is 0.606 bits per heavy atom. The highest BCUT2D eigenvalue weighted by Gasteiger charge is 2.27. The number of carbonyl (C=O) groups is 4. The number of benzene rings is 2. The van der Waals surface area contributed by atoms with Gasteiger partial charge in [0, 0.05) is 74.6 Å². The summed E-state index contributed by atoms with van der Waals surface area (Å²) in [5, 5.41) is 32.9. The maximum atomic E-state index is 13.2. The zero-order valence-electron chi connectivity index (χ0n) is 40.4. The molecule has 6 N–H and O–H groups in total. The van der Waals surface area contributed by atoms with Crippen LogP contribution < -0.4 is 32.6 Å². The number of carbonyl (C=O) groups excluding carboxylic acids is 4. The summed E-state index contributed by atoms with van der Waals surface area (Å²) in [6.45, 7) is 4.03. The molecule has 2 aromatic carbocycles. The van der Waals surface area contributed by atoms with Crippen LogP contribution in [0.15, 0.2) is 64.6 Å². The Balaban J connectivity index is 0.000000209. The van der Waals surface area contributed by atoms with Crippen LogP contribution in [-0.2, 0) is 32.2 Å². The van der Waals surface area contributed by atoms with Crippen LogP contribution in [0.25, 0.3) is 11.4 Å². The molecule has 4 aliphatic rings. The Bertz CT molecular complexity index is 2560. The van der Waals surface area contributed by atoms with E-state index in [1.807, 2.05) is 0 Å². The van der Waals surface area contributed by atoms with Crippen LogP contribution in [0.2, 0.25) is 10.0 Å². The molecule has 20 heteroatoms. The first-order valence-electron chi connectivity index (χ1n) is 25.1. The third-order valence-corrected chi connectivity index (χ3v) is 14.7. The lowest BCUT2D eigenvalue weighted by atomic mass is 9.98. The summed E-state index contributed by atoms with van der Waals surface area (Å²) in [4.78, 5) is 76.9. The van der Waals surface area contributed by atoms with Crippen molar-refractivity contribution in [2.75, 3.05) is 26.4 Å². The lowest BCUT2D eigenvalue weighted by molar-refractivity contribution is -0.123. The number of ether oxygens (including phenoxy) is 2. The molecule has 71 heavy (non-hydrogen) atoms. The maximum absolute atomic E-state index is 13.2. The number of aliphatic hydroxyl groups excluding tert-OH is 2. The quantitative estimate of drug-likeness (QED) is 0.0685. The van der Waals surface area contributed by atoms with E-state index >= 15 is 0 Å². The molecule has 8 rings (SSSR count). The molecule has 4 amide bonds. The van der Waals surface area contributed by atoms with Gasteiger partial charge in [-0.15, -0.1) is 0 Å². The summed E-state index contributed by atoms with van der Waals surface area (Å²) in [6.07, 6.45) is 18.1. The highest BCUT2D eigenvalue weighted by Crippen LogP contribution is 2.28. The van der Waals surface area contributed by atoms with Gasteiger partial charge in [-0.05, 0) is 94.7 Å². The van der Waals surface area contributed by atoms with E-state index in [1.54, 1.807) is 43.6 Å². The van der Waals surface area contributed by atoms with E-state index in [2.05, 4.69) is 21.3 Å². The van der Waals surface area contributed by atoms with E-state index in [0.29, 0.717) is 43.5 Å². The van der Waals surface area contributed by atoms with Crippen LogP contribution in [0.5, 0.6) is 0 Å². The Hall–Kier alpha value is -5.24. The minimum absolute atomic E-state index is 0.0185. The third kappa shape index (κ3) is 14.7. The van der Waals surface area contributed by atoms with Crippen LogP contribution in [0.3, 0.4) is 0 Å². The number of amides is 4. The number of imidazole rings is 2. The molecule has 18 nitrogen and oxygen atoms in total. The first-order chi connectivity index (χ1) is 34.2. The van der Waals surface area contributed by atoms with Crippen molar-refractivity contribution < 1.29 is 38.9 Å². The SMILES string of the molecule is Cc1cn(-c2ccc(Cl)c(C(=O)NC(O)C3CCCCCC3)c2)c(=O)n1CC(=O)NC1CCOCC1.O=C(Cn1ccn(-c2ccc(Cl)c(C(=O)NC(O)C3CCCCCC3)c2)c1=O)NC1CCOCC1. The summed E-state index contributed by atoms with van der Waals surface area (Å²) in [5.41, 5.74) is 1.07. The van der Waals surface area contributed by atoms with E-state index in [1.165, 1.54) is 36.6 Å². The Kier molecular flexibility index (Phi) is 19.6. The van der Waals surface area contributed by atoms with Gasteiger partial charge in [-0.3, -0.25) is 37.4 Å². The number of hydrogen-bond donors (Lipinski definition) is 6. The number of aromatic nitrogens is 4. The number of nitrogens with one attached hydrogen (secondary N) is 4. The maximum Gasteiger partial charge on any atom is 0.333 e. The predicted molar refractivity (Wildman–Crippen MR) is 268 cm³/mol. The van der Waals surface area contributed by atoms with Crippen molar-refractivity contribution in [2.24, 2.45) is 11.8 Å². The van der Waals surface area contributed by atoms with Gasteiger partial charge < -0.3 is 41.0 Å². The summed E-state index contributed by atoms with van der Waals surface area (Å²) in [6, 6.07) is 9.54. The van der Waals surface area contributed by atoms with Crippen LogP contribution in [-0.4, -0.2) is 103 Å². The average molecular weight is 1020 g/mol. The predicted octanol–water partition coefficient (Wildman–Crippen LogP) is 5.52. The molecule has 4 aromatic rings. The van der Waals surface area contributed by atoms with Gasteiger partial charge in [0.15, 0.2) is 0 Å². The van der Waals surface area contributed by atoms with E-state index in [9.17, 15) is 39.0 Å². The molecule has 2 atom stereocenters. The molecule has 2 aromatic heterocycles. The number of aliphatic hydroxyl groups is 2. The molecular weight excluding hydrogens is 956 g/mol. The van der Waals surface area contributed by atoms with Crippen LogP contribution in [0, 0.1) is 18.8 Å². The smallest absolute Gasteiger partial charge is 0.333 e. The number of nitrogens with zero attached hydrogens (tertiary/aromatic N) is 4. The largest absolute Gasteiger partial charge is 0.381 e. The molecule has 0 radical (unpaired) electrons. The van der Waals surface area contributed by atoms with Gasteiger partial charge in [-0.25, -0.2) is 9.59 Å². The molecule has 4 fully saturated rings. The summed E-state index contributed by atoms with van der Waals surface area (Å²) >= 11 is 12.6. The number of halogens is 2. The number of aryl methyl sites for hydroxylation is 1. The zero-order valence-corrected chi connectivity index (χ0v) is 41.9. The van der Waals surface area contributed by atoms with Gasteiger partial charge in [0.25, 0.3) is 11.8 Å². The standard InChI is InChI=1S/C26H35ClN4O5.C25H33ClN4O5/c1-17-15-31(26(35)30(17)16-23(32)28-19-10-12-36-13-11-19)20-8-9-22(27)21(14-20)25(34)29-24(33)18-6-4-2-3-5-7-18;26-21-8-7-19(15-20(21)24(33)28-23(32)17-5-3-1-2-4-6-17)30-12-11-29(25(30)34)16-22(31)27-18-9-13-35-14-10-18/h8-9,14-15,18-19,24,33H,2-7,10-13,16H2,1H3,(H,28,32)(H,29,34);7-8,11-12,15,17-18,23,32H,1-6,9-10,13-14,16H2,(H,27,31)(H,28,33). The third-order valence-electron chi connectivity index (χ3n) is 14.0. The van der Waals surface area contributed by atoms with Gasteiger partial charge in [-0.2, -0.15) is 0 Å². The molecule has 4 heterocycles. The molecule has 386 valence electrons.